The van der Waals surface area contributed by atoms with E-state index >= 15 is 0 Å². The van der Waals surface area contributed by atoms with Crippen LogP contribution in [0, 0.1) is 0 Å². The molecule has 1 saturated heterocycles. The van der Waals surface area contributed by atoms with E-state index in [-0.39, 0.29) is 12.5 Å². The molecule has 0 unspecified atom stereocenters. The van der Waals surface area contributed by atoms with Crippen LogP contribution < -0.4 is 10.1 Å². The lowest BCUT2D eigenvalue weighted by Gasteiger charge is -2.37. The molecule has 1 N–H and O–H groups in total. The van der Waals surface area contributed by atoms with Gasteiger partial charge in [-0.1, -0.05) is 19.1 Å². The number of benzene rings is 1. The number of hydrogen-bond donors (Lipinski definition) is 1. The third-order valence-electron chi connectivity index (χ3n) is 4.07. The lowest BCUT2D eigenvalue weighted by Crippen LogP contribution is -2.43. The van der Waals surface area contributed by atoms with Crippen molar-refractivity contribution in [3.63, 3.8) is 0 Å². The molecule has 1 fully saturated rings. The lowest BCUT2D eigenvalue weighted by molar-refractivity contribution is -0.122. The molecule has 0 aliphatic carbocycles. The highest BCUT2D eigenvalue weighted by Crippen LogP contribution is 2.25. The van der Waals surface area contributed by atoms with Gasteiger partial charge in [-0.05, 0) is 31.5 Å². The van der Waals surface area contributed by atoms with Crippen molar-refractivity contribution in [1.29, 1.82) is 0 Å². The van der Waals surface area contributed by atoms with Gasteiger partial charge in [0.15, 0.2) is 6.61 Å². The monoisotopic (exact) mass is 322 g/mol. The molecule has 0 radical (unpaired) electrons. The summed E-state index contributed by atoms with van der Waals surface area (Å²) in [6.07, 6.45) is 0. The van der Waals surface area contributed by atoms with Crippen molar-refractivity contribution in [1.82, 2.24) is 10.2 Å². The van der Waals surface area contributed by atoms with Gasteiger partial charge in [0.25, 0.3) is 5.91 Å². The first-order valence-electron chi connectivity index (χ1n) is 7.94. The van der Waals surface area contributed by atoms with Crippen molar-refractivity contribution in [2.24, 2.45) is 0 Å². The highest BCUT2D eigenvalue weighted by Gasteiger charge is 2.24. The summed E-state index contributed by atoms with van der Waals surface area (Å²) in [6, 6.07) is 8.67. The number of hydrogen-bond acceptors (Lipinski definition) is 4. The van der Waals surface area contributed by atoms with E-state index in [9.17, 15) is 4.79 Å². The SMILES string of the molecule is CCNC(=O)COc1ccc(CN2CCS[C@H](C)[C@H]2C)cc1. The lowest BCUT2D eigenvalue weighted by atomic mass is 10.1. The molecule has 1 aromatic carbocycles. The van der Waals surface area contributed by atoms with Gasteiger partial charge in [0.1, 0.15) is 5.75 Å². The molecular weight excluding hydrogens is 296 g/mol. The van der Waals surface area contributed by atoms with Gasteiger partial charge in [0, 0.05) is 36.7 Å². The van der Waals surface area contributed by atoms with E-state index < -0.39 is 0 Å². The smallest absolute Gasteiger partial charge is 0.257 e. The zero-order valence-corrected chi connectivity index (χ0v) is 14.5. The molecule has 1 heterocycles. The van der Waals surface area contributed by atoms with Gasteiger partial charge in [0.2, 0.25) is 0 Å². The standard InChI is InChI=1S/C17H26N2O2S/c1-4-18-17(20)12-21-16-7-5-15(6-8-16)11-19-9-10-22-14(3)13(19)2/h5-8,13-14H,4,9-12H2,1-3H3,(H,18,20)/t13-,14-/m1/s1. The highest BCUT2D eigenvalue weighted by molar-refractivity contribution is 8.00. The molecule has 5 heteroatoms. The maximum absolute atomic E-state index is 11.4. The van der Waals surface area contributed by atoms with E-state index in [1.54, 1.807) is 0 Å². The summed E-state index contributed by atoms with van der Waals surface area (Å²) in [5.74, 6) is 1.87. The Bertz CT molecular complexity index is 478. The van der Waals surface area contributed by atoms with Crippen LogP contribution in [0.4, 0.5) is 0 Å². The fourth-order valence-electron chi connectivity index (χ4n) is 2.54. The number of nitrogens with zero attached hydrogens (tertiary/aromatic N) is 1. The minimum absolute atomic E-state index is 0.0745. The fraction of sp³-hybridized carbons (Fsp3) is 0.588. The van der Waals surface area contributed by atoms with E-state index in [4.69, 9.17) is 4.74 Å². The molecule has 0 aromatic heterocycles. The Morgan fingerprint density at radius 2 is 2.09 bits per heavy atom. The van der Waals surface area contributed by atoms with Crippen molar-refractivity contribution >= 4 is 17.7 Å². The highest BCUT2D eigenvalue weighted by atomic mass is 32.2. The van der Waals surface area contributed by atoms with Gasteiger partial charge in [0.05, 0.1) is 0 Å². The van der Waals surface area contributed by atoms with Crippen LogP contribution >= 0.6 is 11.8 Å². The number of rotatable bonds is 6. The Labute approximate surface area is 137 Å². The van der Waals surface area contributed by atoms with Crippen LogP contribution in [0.15, 0.2) is 24.3 Å². The number of amides is 1. The van der Waals surface area contributed by atoms with Crippen LogP contribution in [0.5, 0.6) is 5.75 Å². The molecule has 0 spiro atoms. The molecule has 0 saturated carbocycles. The first kappa shape index (κ1) is 17.2. The Balaban J connectivity index is 1.85. The molecule has 2 rings (SSSR count). The maximum atomic E-state index is 11.4. The molecule has 1 aromatic rings. The first-order valence-corrected chi connectivity index (χ1v) is 8.99. The summed E-state index contributed by atoms with van der Waals surface area (Å²) in [7, 11) is 0. The summed E-state index contributed by atoms with van der Waals surface area (Å²) in [5, 5.41) is 3.41. The van der Waals surface area contributed by atoms with Gasteiger partial charge < -0.3 is 10.1 Å². The van der Waals surface area contributed by atoms with Crippen molar-refractivity contribution in [3.8, 4) is 5.75 Å². The van der Waals surface area contributed by atoms with E-state index in [2.05, 4.69) is 48.0 Å². The number of thioether (sulfide) groups is 1. The van der Waals surface area contributed by atoms with E-state index in [1.165, 1.54) is 11.3 Å². The summed E-state index contributed by atoms with van der Waals surface area (Å²) in [5.41, 5.74) is 1.29. The number of carbonyl (C=O) groups excluding carboxylic acids is 1. The van der Waals surface area contributed by atoms with Crippen LogP contribution in [-0.2, 0) is 11.3 Å². The van der Waals surface area contributed by atoms with Crippen LogP contribution in [-0.4, -0.2) is 47.5 Å². The zero-order valence-electron chi connectivity index (χ0n) is 13.7. The third kappa shape index (κ3) is 4.92. The Morgan fingerprint density at radius 3 is 2.77 bits per heavy atom. The number of likely N-dealkylation sites (N-methyl/N-ethyl adjacent to an activating group) is 1. The van der Waals surface area contributed by atoms with Crippen molar-refractivity contribution in [2.75, 3.05) is 25.4 Å². The maximum Gasteiger partial charge on any atom is 0.257 e. The predicted molar refractivity (Wildman–Crippen MR) is 92.4 cm³/mol. The van der Waals surface area contributed by atoms with Crippen LogP contribution in [0.2, 0.25) is 0 Å². The second-order valence-electron chi connectivity index (χ2n) is 5.67. The van der Waals surface area contributed by atoms with Gasteiger partial charge in [-0.15, -0.1) is 0 Å². The summed E-state index contributed by atoms with van der Waals surface area (Å²) < 4.78 is 5.47. The van der Waals surface area contributed by atoms with Crippen molar-refractivity contribution in [2.45, 2.75) is 38.6 Å². The molecule has 0 bridgehead atoms. The molecule has 4 nitrogen and oxygen atoms in total. The van der Waals surface area contributed by atoms with Crippen molar-refractivity contribution < 1.29 is 9.53 Å². The average molecular weight is 322 g/mol. The van der Waals surface area contributed by atoms with E-state index in [1.807, 2.05) is 19.1 Å². The van der Waals surface area contributed by atoms with Crippen LogP contribution in [0.1, 0.15) is 26.3 Å². The van der Waals surface area contributed by atoms with Crippen LogP contribution in [0.25, 0.3) is 0 Å². The molecule has 2 atom stereocenters. The number of nitrogens with one attached hydrogen (secondary N) is 1. The third-order valence-corrected chi connectivity index (χ3v) is 5.41. The Hall–Kier alpha value is -1.20. The average Bonchev–Trinajstić information content (AvgIpc) is 2.51. The van der Waals surface area contributed by atoms with Gasteiger partial charge >= 0.3 is 0 Å². The quantitative estimate of drug-likeness (QED) is 0.874. The molecule has 1 aliphatic rings. The number of carbonyl (C=O) groups is 1. The van der Waals surface area contributed by atoms with Crippen molar-refractivity contribution in [3.05, 3.63) is 29.8 Å². The summed E-state index contributed by atoms with van der Waals surface area (Å²) in [6.45, 7) is 9.33. The molecular formula is C17H26N2O2S. The van der Waals surface area contributed by atoms with Crippen LogP contribution in [0.3, 0.4) is 0 Å². The van der Waals surface area contributed by atoms with E-state index in [0.29, 0.717) is 17.8 Å². The molecule has 122 valence electrons. The minimum Gasteiger partial charge on any atom is -0.484 e. The summed E-state index contributed by atoms with van der Waals surface area (Å²) >= 11 is 2.06. The van der Waals surface area contributed by atoms with Gasteiger partial charge in [-0.3, -0.25) is 9.69 Å². The molecule has 22 heavy (non-hydrogen) atoms. The fourth-order valence-corrected chi connectivity index (χ4v) is 3.70. The largest absolute Gasteiger partial charge is 0.484 e. The zero-order chi connectivity index (χ0) is 15.9. The number of ether oxygens (including phenoxy) is 1. The molecule has 1 amide bonds. The van der Waals surface area contributed by atoms with Gasteiger partial charge in [-0.25, -0.2) is 0 Å². The summed E-state index contributed by atoms with van der Waals surface area (Å²) in [4.78, 5) is 13.9. The second-order valence-corrected chi connectivity index (χ2v) is 7.16. The Morgan fingerprint density at radius 1 is 1.36 bits per heavy atom. The first-order chi connectivity index (χ1) is 10.6. The minimum atomic E-state index is -0.0831. The second kappa shape index (κ2) is 8.44. The predicted octanol–water partition coefficient (Wildman–Crippen LogP) is 2.53. The molecule has 1 aliphatic heterocycles. The normalized spacial score (nSPS) is 22.3. The van der Waals surface area contributed by atoms with E-state index in [0.717, 1.165) is 18.8 Å². The van der Waals surface area contributed by atoms with Gasteiger partial charge in [-0.2, -0.15) is 11.8 Å². The topological polar surface area (TPSA) is 41.6 Å². The Kier molecular flexibility index (Phi) is 6.58.